The van der Waals surface area contributed by atoms with E-state index in [2.05, 4.69) is 42.5 Å². The highest BCUT2D eigenvalue weighted by Gasteiger charge is 2.17. The predicted octanol–water partition coefficient (Wildman–Crippen LogP) is 7.49. The van der Waals surface area contributed by atoms with Gasteiger partial charge in [-0.15, -0.1) is 0 Å². The number of nitrogens with zero attached hydrogens (tertiary/aromatic N) is 1. The number of unbranched alkanes of at least 4 members (excludes halogenated alkanes) is 3. The van der Waals surface area contributed by atoms with Crippen molar-refractivity contribution < 1.29 is 17.6 Å². The molecule has 0 bridgehead atoms. The number of nitrogens with one attached hydrogen (secondary N) is 1. The number of aryl methyl sites for hydroxylation is 1. The Balaban J connectivity index is 1.72. The molecule has 0 spiro atoms. The van der Waals surface area contributed by atoms with Crippen molar-refractivity contribution in [2.24, 2.45) is 0 Å². The smallest absolute Gasteiger partial charge is 0.229 e. The number of rotatable bonds is 17. The second-order valence-corrected chi connectivity index (χ2v) is 11.6. The Bertz CT molecular complexity index is 1190. The van der Waals surface area contributed by atoms with Gasteiger partial charge in [-0.05, 0) is 74.7 Å². The molecule has 1 heterocycles. The Hall–Kier alpha value is -2.51. The number of sulfonamides is 1. The summed E-state index contributed by atoms with van der Waals surface area (Å²) in [7, 11) is -3.36. The van der Waals surface area contributed by atoms with Gasteiger partial charge in [-0.25, -0.2) is 8.42 Å². The number of ether oxygens (including phenoxy) is 1. The van der Waals surface area contributed by atoms with Crippen LogP contribution in [0.1, 0.15) is 71.5 Å². The molecule has 0 atom stereocenters. The highest BCUT2D eigenvalue weighted by Crippen LogP contribution is 2.38. The molecule has 3 rings (SSSR count). The maximum Gasteiger partial charge on any atom is 0.229 e. The van der Waals surface area contributed by atoms with Crippen molar-refractivity contribution in [3.63, 3.8) is 0 Å². The third kappa shape index (κ3) is 9.08. The van der Waals surface area contributed by atoms with Crippen molar-refractivity contribution in [3.05, 3.63) is 48.2 Å². The molecule has 6 nitrogen and oxygen atoms in total. The summed E-state index contributed by atoms with van der Waals surface area (Å²) < 4.78 is 38.4. The molecule has 3 aromatic rings. The molecule has 1 aromatic heterocycles. The summed E-state index contributed by atoms with van der Waals surface area (Å²) in [6.45, 7) is 10.8. The maximum atomic E-state index is 11.8. The lowest BCUT2D eigenvalue weighted by molar-refractivity contribution is 0.229. The van der Waals surface area contributed by atoms with E-state index in [4.69, 9.17) is 9.15 Å². The molecule has 1 N–H and O–H groups in total. The van der Waals surface area contributed by atoms with Gasteiger partial charge in [0.25, 0.3) is 0 Å². The third-order valence-electron chi connectivity index (χ3n) is 6.51. The normalized spacial score (nSPS) is 11.9. The predicted molar refractivity (Wildman–Crippen MR) is 155 cm³/mol. The van der Waals surface area contributed by atoms with Gasteiger partial charge >= 0.3 is 0 Å². The minimum absolute atomic E-state index is 0.533. The van der Waals surface area contributed by atoms with Crippen molar-refractivity contribution in [2.45, 2.75) is 72.1 Å². The first-order valence-corrected chi connectivity index (χ1v) is 15.7. The summed E-state index contributed by atoms with van der Waals surface area (Å²) >= 11 is 0. The molecule has 0 radical (unpaired) electrons. The monoisotopic (exact) mass is 528 g/mol. The molecule has 7 heteroatoms. The first-order chi connectivity index (χ1) is 17.8. The van der Waals surface area contributed by atoms with Crippen LogP contribution in [0.15, 0.2) is 46.9 Å². The standard InChI is InChI=1S/C30H44N2O4S/c1-5-8-12-29-30(27-23-25(31-37(4,33)34)15-18-28(27)36-29)24-13-16-26(17-14-24)35-22-11-21-32(19-9-6-2)20-10-7-3/h13-18,23,31H,5-12,19-22H2,1-4H3. The molecule has 0 saturated heterocycles. The van der Waals surface area contributed by atoms with E-state index in [1.165, 1.54) is 38.8 Å². The highest BCUT2D eigenvalue weighted by atomic mass is 32.2. The van der Waals surface area contributed by atoms with Crippen LogP contribution in [0.2, 0.25) is 0 Å². The van der Waals surface area contributed by atoms with Crippen LogP contribution >= 0.6 is 0 Å². The third-order valence-corrected chi connectivity index (χ3v) is 7.11. The fraction of sp³-hybridized carbons (Fsp3) is 0.533. The van der Waals surface area contributed by atoms with Crippen LogP contribution in [0.4, 0.5) is 5.69 Å². The second-order valence-electron chi connectivity index (χ2n) is 9.86. The Labute approximate surface area is 223 Å². The number of anilines is 1. The number of furan rings is 1. The average molecular weight is 529 g/mol. The van der Waals surface area contributed by atoms with E-state index in [0.29, 0.717) is 12.3 Å². The Morgan fingerprint density at radius 1 is 0.865 bits per heavy atom. The molecule has 0 saturated carbocycles. The summed E-state index contributed by atoms with van der Waals surface area (Å²) in [4.78, 5) is 2.56. The van der Waals surface area contributed by atoms with Crippen LogP contribution in [0, 0.1) is 0 Å². The quantitative estimate of drug-likeness (QED) is 0.184. The van der Waals surface area contributed by atoms with E-state index in [0.717, 1.165) is 72.1 Å². The van der Waals surface area contributed by atoms with Crippen molar-refractivity contribution in [3.8, 4) is 16.9 Å². The van der Waals surface area contributed by atoms with Crippen LogP contribution in [0.25, 0.3) is 22.1 Å². The lowest BCUT2D eigenvalue weighted by Gasteiger charge is -2.21. The van der Waals surface area contributed by atoms with E-state index in [1.807, 2.05) is 24.3 Å². The summed E-state index contributed by atoms with van der Waals surface area (Å²) in [5.41, 5.74) is 3.36. The van der Waals surface area contributed by atoms with Crippen LogP contribution < -0.4 is 9.46 Å². The lowest BCUT2D eigenvalue weighted by atomic mass is 9.99. The first kappa shape index (κ1) is 29.1. The van der Waals surface area contributed by atoms with Crippen molar-refractivity contribution in [1.29, 1.82) is 0 Å². The minimum Gasteiger partial charge on any atom is -0.494 e. The molecule has 37 heavy (non-hydrogen) atoms. The van der Waals surface area contributed by atoms with E-state index < -0.39 is 10.0 Å². The molecular weight excluding hydrogens is 484 g/mol. The van der Waals surface area contributed by atoms with Crippen LogP contribution in [0.3, 0.4) is 0 Å². The average Bonchev–Trinajstić information content (AvgIpc) is 3.23. The number of hydrogen-bond acceptors (Lipinski definition) is 5. The van der Waals surface area contributed by atoms with Gasteiger partial charge in [-0.2, -0.15) is 0 Å². The Morgan fingerprint density at radius 2 is 1.51 bits per heavy atom. The summed E-state index contributed by atoms with van der Waals surface area (Å²) in [6.07, 6.45) is 10.1. The fourth-order valence-electron chi connectivity index (χ4n) is 4.55. The van der Waals surface area contributed by atoms with Gasteiger partial charge in [-0.1, -0.05) is 52.2 Å². The lowest BCUT2D eigenvalue weighted by Crippen LogP contribution is -2.28. The van der Waals surface area contributed by atoms with Gasteiger partial charge in [-0.3, -0.25) is 4.72 Å². The summed E-state index contributed by atoms with van der Waals surface area (Å²) in [5, 5.41) is 0.910. The van der Waals surface area contributed by atoms with E-state index in [1.54, 1.807) is 6.07 Å². The molecule has 0 amide bonds. The molecular formula is C30H44N2O4S. The molecule has 0 fully saturated rings. The van der Waals surface area contributed by atoms with Crippen LogP contribution in [-0.4, -0.2) is 45.8 Å². The van der Waals surface area contributed by atoms with Gasteiger partial charge in [0.2, 0.25) is 10.0 Å². The van der Waals surface area contributed by atoms with Gasteiger partial charge < -0.3 is 14.1 Å². The molecule has 0 unspecified atom stereocenters. The molecule has 0 aliphatic heterocycles. The molecule has 204 valence electrons. The first-order valence-electron chi connectivity index (χ1n) is 13.8. The number of benzene rings is 2. The zero-order valence-corrected chi connectivity index (χ0v) is 23.8. The van der Waals surface area contributed by atoms with E-state index in [-0.39, 0.29) is 0 Å². The van der Waals surface area contributed by atoms with Crippen LogP contribution in [-0.2, 0) is 16.4 Å². The Kier molecular flexibility index (Phi) is 11.3. The van der Waals surface area contributed by atoms with Gasteiger partial charge in [0, 0.05) is 29.6 Å². The number of fused-ring (bicyclic) bond motifs is 1. The van der Waals surface area contributed by atoms with Gasteiger partial charge in [0.05, 0.1) is 12.9 Å². The largest absolute Gasteiger partial charge is 0.494 e. The molecule has 0 aliphatic carbocycles. The number of hydrogen-bond donors (Lipinski definition) is 1. The zero-order valence-electron chi connectivity index (χ0n) is 23.0. The second kappa shape index (κ2) is 14.4. The summed E-state index contributed by atoms with van der Waals surface area (Å²) in [6, 6.07) is 13.6. The van der Waals surface area contributed by atoms with E-state index >= 15 is 0 Å². The molecule has 2 aromatic carbocycles. The topological polar surface area (TPSA) is 71.8 Å². The SMILES string of the molecule is CCCCc1oc2ccc(NS(C)(=O)=O)cc2c1-c1ccc(OCCCN(CCCC)CCCC)cc1. The minimum atomic E-state index is -3.36. The fourth-order valence-corrected chi connectivity index (χ4v) is 5.11. The van der Waals surface area contributed by atoms with Gasteiger partial charge in [0.15, 0.2) is 0 Å². The van der Waals surface area contributed by atoms with Crippen molar-refractivity contribution >= 4 is 26.7 Å². The Morgan fingerprint density at radius 3 is 2.14 bits per heavy atom. The van der Waals surface area contributed by atoms with Crippen molar-refractivity contribution in [2.75, 3.05) is 37.2 Å². The van der Waals surface area contributed by atoms with E-state index in [9.17, 15) is 8.42 Å². The van der Waals surface area contributed by atoms with Gasteiger partial charge in [0.1, 0.15) is 17.1 Å². The van der Waals surface area contributed by atoms with Crippen LogP contribution in [0.5, 0.6) is 5.75 Å². The summed E-state index contributed by atoms with van der Waals surface area (Å²) in [5.74, 6) is 1.79. The van der Waals surface area contributed by atoms with Crippen molar-refractivity contribution in [1.82, 2.24) is 4.90 Å². The maximum absolute atomic E-state index is 11.8. The zero-order chi connectivity index (χ0) is 26.7. The highest BCUT2D eigenvalue weighted by molar-refractivity contribution is 7.92. The molecule has 0 aliphatic rings.